The molecule has 0 aliphatic rings. The first-order chi connectivity index (χ1) is 8.97. The molecule has 1 aromatic carbocycles. The molecule has 4 heteroatoms. The van der Waals surface area contributed by atoms with Crippen molar-refractivity contribution in [1.29, 1.82) is 0 Å². The van der Waals surface area contributed by atoms with Gasteiger partial charge < -0.3 is 10.0 Å². The molecule has 1 atom stereocenters. The summed E-state index contributed by atoms with van der Waals surface area (Å²) in [5.41, 5.74) is 1.60. The molecule has 1 rings (SSSR count). The molecule has 1 N–H and O–H groups in total. The molecular weight excluding hydrogens is 242 g/mol. The minimum atomic E-state index is -1.02. The molecule has 1 unspecified atom stereocenters. The fourth-order valence-corrected chi connectivity index (χ4v) is 2.01. The van der Waals surface area contributed by atoms with Crippen LogP contribution in [-0.2, 0) is 9.59 Å². The third-order valence-electron chi connectivity index (χ3n) is 2.87. The molecule has 1 aromatic rings. The number of rotatable bonds is 5. The van der Waals surface area contributed by atoms with E-state index >= 15 is 0 Å². The maximum Gasteiger partial charge on any atom is 0.323 e. The molecule has 102 valence electrons. The number of carboxylic acids is 1. The second-order valence-corrected chi connectivity index (χ2v) is 4.37. The zero-order valence-electron chi connectivity index (χ0n) is 11.5. The first-order valence-electron chi connectivity index (χ1n) is 6.19. The summed E-state index contributed by atoms with van der Waals surface area (Å²) < 4.78 is 0. The predicted octanol–water partition coefficient (Wildman–Crippen LogP) is 2.80. The first-order valence-corrected chi connectivity index (χ1v) is 6.19. The predicted molar refractivity (Wildman–Crippen MR) is 75.3 cm³/mol. The van der Waals surface area contributed by atoms with Crippen molar-refractivity contribution in [3.05, 3.63) is 42.0 Å². The van der Waals surface area contributed by atoms with Crippen molar-refractivity contribution in [1.82, 2.24) is 0 Å². The number of allylic oxidation sites excluding steroid dienone is 2. The van der Waals surface area contributed by atoms with Gasteiger partial charge in [-0.1, -0.05) is 37.3 Å². The van der Waals surface area contributed by atoms with Gasteiger partial charge in [-0.15, -0.1) is 0 Å². The minimum Gasteiger partial charge on any atom is -0.480 e. The lowest BCUT2D eigenvalue weighted by molar-refractivity contribution is -0.136. The zero-order chi connectivity index (χ0) is 14.4. The third-order valence-corrected chi connectivity index (χ3v) is 2.87. The lowest BCUT2D eigenvalue weighted by Gasteiger charge is -2.23. The Balaban J connectivity index is 3.22. The average Bonchev–Trinajstić information content (AvgIpc) is 2.36. The Morgan fingerprint density at radius 1 is 1.37 bits per heavy atom. The molecule has 4 nitrogen and oxygen atoms in total. The average molecular weight is 261 g/mol. The molecule has 0 aliphatic heterocycles. The van der Waals surface area contributed by atoms with Crippen molar-refractivity contribution in [2.75, 3.05) is 11.4 Å². The van der Waals surface area contributed by atoms with Crippen LogP contribution in [0.1, 0.15) is 32.3 Å². The molecule has 0 bridgehead atoms. The van der Waals surface area contributed by atoms with Gasteiger partial charge >= 0.3 is 5.97 Å². The highest BCUT2D eigenvalue weighted by molar-refractivity contribution is 5.96. The second kappa shape index (κ2) is 6.73. The van der Waals surface area contributed by atoms with Crippen LogP contribution in [0.3, 0.4) is 0 Å². The fourth-order valence-electron chi connectivity index (χ4n) is 2.01. The van der Waals surface area contributed by atoms with E-state index in [-0.39, 0.29) is 18.4 Å². The van der Waals surface area contributed by atoms with E-state index < -0.39 is 5.97 Å². The smallest absolute Gasteiger partial charge is 0.323 e. The lowest BCUT2D eigenvalue weighted by Crippen LogP contribution is -2.34. The molecule has 0 heterocycles. The highest BCUT2D eigenvalue weighted by atomic mass is 16.4. The summed E-state index contributed by atoms with van der Waals surface area (Å²) >= 11 is 0. The van der Waals surface area contributed by atoms with E-state index in [1.54, 1.807) is 12.1 Å². The van der Waals surface area contributed by atoms with Crippen molar-refractivity contribution in [2.45, 2.75) is 26.7 Å². The highest BCUT2D eigenvalue weighted by Gasteiger charge is 2.19. The molecule has 0 saturated heterocycles. The Kier molecular flexibility index (Phi) is 5.30. The number of anilines is 1. The summed E-state index contributed by atoms with van der Waals surface area (Å²) in [5, 5.41) is 8.92. The number of para-hydroxylation sites is 1. The van der Waals surface area contributed by atoms with E-state index in [1.807, 2.05) is 38.1 Å². The Morgan fingerprint density at radius 3 is 2.53 bits per heavy atom. The number of nitrogens with zero attached hydrogens (tertiary/aromatic N) is 1. The summed E-state index contributed by atoms with van der Waals surface area (Å²) in [5.74, 6) is -1.18. The summed E-state index contributed by atoms with van der Waals surface area (Å²) in [6.07, 6.45) is 3.95. The third kappa shape index (κ3) is 3.95. The summed E-state index contributed by atoms with van der Waals surface area (Å²) in [4.78, 5) is 23.8. The molecule has 19 heavy (non-hydrogen) atoms. The fraction of sp³-hybridized carbons (Fsp3) is 0.333. The van der Waals surface area contributed by atoms with E-state index in [9.17, 15) is 9.59 Å². The molecule has 0 spiro atoms. The molecule has 0 aliphatic carbocycles. The standard InChI is InChI=1S/C15H19NO3/c1-4-7-11(2)13-8-5-6-9-14(13)16(12(3)17)10-15(18)19/h4-9,11H,10H2,1-3H3,(H,18,19)/b7-4+. The van der Waals surface area contributed by atoms with Crippen molar-refractivity contribution in [2.24, 2.45) is 0 Å². The van der Waals surface area contributed by atoms with Crippen molar-refractivity contribution < 1.29 is 14.7 Å². The Labute approximate surface area is 113 Å². The quantitative estimate of drug-likeness (QED) is 0.829. The minimum absolute atomic E-state index is 0.122. The van der Waals surface area contributed by atoms with Gasteiger partial charge in [0.05, 0.1) is 0 Å². The maximum absolute atomic E-state index is 11.7. The van der Waals surface area contributed by atoms with Crippen LogP contribution < -0.4 is 4.90 Å². The Hall–Kier alpha value is -2.10. The molecule has 0 radical (unpaired) electrons. The maximum atomic E-state index is 11.7. The number of hydrogen-bond donors (Lipinski definition) is 1. The normalized spacial score (nSPS) is 12.4. The Bertz CT molecular complexity index is 494. The number of hydrogen-bond acceptors (Lipinski definition) is 2. The summed E-state index contributed by atoms with van der Waals surface area (Å²) in [6.45, 7) is 4.99. The largest absolute Gasteiger partial charge is 0.480 e. The topological polar surface area (TPSA) is 57.6 Å². The van der Waals surface area contributed by atoms with Gasteiger partial charge in [0.2, 0.25) is 5.91 Å². The number of carbonyl (C=O) groups is 2. The van der Waals surface area contributed by atoms with E-state index in [0.717, 1.165) is 5.56 Å². The number of amides is 1. The van der Waals surface area contributed by atoms with Crippen LogP contribution in [0.5, 0.6) is 0 Å². The molecule has 0 aromatic heterocycles. The molecule has 1 amide bonds. The van der Waals surface area contributed by atoms with Gasteiger partial charge in [0.1, 0.15) is 6.54 Å². The van der Waals surface area contributed by atoms with E-state index in [2.05, 4.69) is 0 Å². The zero-order valence-corrected chi connectivity index (χ0v) is 11.5. The van der Waals surface area contributed by atoms with Gasteiger partial charge in [-0.05, 0) is 18.6 Å². The Morgan fingerprint density at radius 2 is 2.00 bits per heavy atom. The van der Waals surface area contributed by atoms with Gasteiger partial charge in [-0.2, -0.15) is 0 Å². The lowest BCUT2D eigenvalue weighted by atomic mass is 9.98. The van der Waals surface area contributed by atoms with E-state index in [1.165, 1.54) is 11.8 Å². The first kappa shape index (κ1) is 15.0. The van der Waals surface area contributed by atoms with Crippen molar-refractivity contribution in [3.63, 3.8) is 0 Å². The van der Waals surface area contributed by atoms with Crippen molar-refractivity contribution in [3.8, 4) is 0 Å². The summed E-state index contributed by atoms with van der Waals surface area (Å²) in [7, 11) is 0. The van der Waals surface area contributed by atoms with Gasteiger partial charge in [0.15, 0.2) is 0 Å². The van der Waals surface area contributed by atoms with Crippen LogP contribution in [0.4, 0.5) is 5.69 Å². The monoisotopic (exact) mass is 261 g/mol. The van der Waals surface area contributed by atoms with E-state index in [0.29, 0.717) is 5.69 Å². The number of benzene rings is 1. The SMILES string of the molecule is C/C=C/C(C)c1ccccc1N(CC(=O)O)C(C)=O. The molecular formula is C15H19NO3. The summed E-state index contributed by atoms with van der Waals surface area (Å²) in [6, 6.07) is 7.38. The van der Waals surface area contributed by atoms with Crippen molar-refractivity contribution >= 4 is 17.6 Å². The highest BCUT2D eigenvalue weighted by Crippen LogP contribution is 2.28. The number of carbonyl (C=O) groups excluding carboxylic acids is 1. The van der Waals surface area contributed by atoms with Crippen LogP contribution in [0.2, 0.25) is 0 Å². The van der Waals surface area contributed by atoms with Gasteiger partial charge in [-0.25, -0.2) is 0 Å². The van der Waals surface area contributed by atoms with Gasteiger partial charge in [0.25, 0.3) is 0 Å². The molecule has 0 fully saturated rings. The second-order valence-electron chi connectivity index (χ2n) is 4.37. The van der Waals surface area contributed by atoms with Gasteiger partial charge in [0, 0.05) is 18.5 Å². The molecule has 0 saturated carbocycles. The van der Waals surface area contributed by atoms with Crippen LogP contribution in [-0.4, -0.2) is 23.5 Å². The van der Waals surface area contributed by atoms with Crippen LogP contribution >= 0.6 is 0 Å². The van der Waals surface area contributed by atoms with Crippen LogP contribution in [0.25, 0.3) is 0 Å². The van der Waals surface area contributed by atoms with Gasteiger partial charge in [-0.3, -0.25) is 9.59 Å². The van der Waals surface area contributed by atoms with Crippen LogP contribution in [0.15, 0.2) is 36.4 Å². The number of carboxylic acid groups (broad SMARTS) is 1. The van der Waals surface area contributed by atoms with Crippen LogP contribution in [0, 0.1) is 0 Å². The van der Waals surface area contributed by atoms with E-state index in [4.69, 9.17) is 5.11 Å². The number of aliphatic carboxylic acids is 1.